The maximum Gasteiger partial charge on any atom is 0.264 e. The molecular formula is C34H43N3O4S. The number of sulfonamides is 1. The van der Waals surface area contributed by atoms with E-state index in [4.69, 9.17) is 0 Å². The van der Waals surface area contributed by atoms with Crippen LogP contribution in [0.4, 0.5) is 5.69 Å². The smallest absolute Gasteiger partial charge is 0.264 e. The summed E-state index contributed by atoms with van der Waals surface area (Å²) >= 11 is 0. The average Bonchev–Trinajstić information content (AvgIpc) is 2.99. The number of rotatable bonds is 11. The number of hydrogen-bond donors (Lipinski definition) is 1. The third-order valence-electron chi connectivity index (χ3n) is 8.33. The van der Waals surface area contributed by atoms with E-state index in [1.165, 1.54) is 22.9 Å². The summed E-state index contributed by atoms with van der Waals surface area (Å²) in [6.45, 7) is 7.52. The lowest BCUT2D eigenvalue weighted by Gasteiger charge is -2.35. The average molecular weight is 590 g/mol. The van der Waals surface area contributed by atoms with Crippen LogP contribution >= 0.6 is 0 Å². The normalized spacial score (nSPS) is 14.7. The second-order valence-corrected chi connectivity index (χ2v) is 13.2. The van der Waals surface area contributed by atoms with Crippen LogP contribution in [0.5, 0.6) is 0 Å². The van der Waals surface area contributed by atoms with E-state index in [-0.39, 0.29) is 23.4 Å². The highest BCUT2D eigenvalue weighted by Crippen LogP contribution is 2.27. The molecule has 0 unspecified atom stereocenters. The maximum atomic E-state index is 14.3. The molecule has 0 radical (unpaired) electrons. The Bertz CT molecular complexity index is 1480. The summed E-state index contributed by atoms with van der Waals surface area (Å²) < 4.78 is 29.2. The molecule has 0 aliphatic heterocycles. The number of aryl methyl sites for hydroxylation is 3. The Hall–Kier alpha value is -3.65. The summed E-state index contributed by atoms with van der Waals surface area (Å²) in [5.41, 5.74) is 4.27. The van der Waals surface area contributed by atoms with Crippen molar-refractivity contribution in [1.29, 1.82) is 0 Å². The topological polar surface area (TPSA) is 86.8 Å². The van der Waals surface area contributed by atoms with E-state index in [9.17, 15) is 18.0 Å². The molecule has 3 aromatic rings. The molecule has 4 rings (SSSR count). The van der Waals surface area contributed by atoms with Gasteiger partial charge < -0.3 is 10.2 Å². The van der Waals surface area contributed by atoms with Gasteiger partial charge in [0, 0.05) is 12.6 Å². The van der Waals surface area contributed by atoms with Gasteiger partial charge in [0.25, 0.3) is 10.0 Å². The van der Waals surface area contributed by atoms with Gasteiger partial charge in [-0.1, -0.05) is 74.7 Å². The van der Waals surface area contributed by atoms with Crippen LogP contribution in [-0.2, 0) is 26.2 Å². The molecule has 2 amide bonds. The molecule has 1 aliphatic rings. The molecule has 42 heavy (non-hydrogen) atoms. The van der Waals surface area contributed by atoms with Crippen molar-refractivity contribution in [2.24, 2.45) is 0 Å². The molecule has 1 aliphatic carbocycles. The Labute approximate surface area is 251 Å². The number of amides is 2. The maximum absolute atomic E-state index is 14.3. The third-order valence-corrected chi connectivity index (χ3v) is 10.1. The van der Waals surface area contributed by atoms with Crippen molar-refractivity contribution in [2.75, 3.05) is 10.8 Å². The lowest BCUT2D eigenvalue weighted by molar-refractivity contribution is -0.140. The van der Waals surface area contributed by atoms with Gasteiger partial charge in [-0.15, -0.1) is 0 Å². The Kier molecular flexibility index (Phi) is 10.4. The molecule has 1 atom stereocenters. The third kappa shape index (κ3) is 7.40. The summed E-state index contributed by atoms with van der Waals surface area (Å²) in [6, 6.07) is 20.7. The highest BCUT2D eigenvalue weighted by atomic mass is 32.2. The van der Waals surface area contributed by atoms with E-state index >= 15 is 0 Å². The second-order valence-electron chi connectivity index (χ2n) is 11.3. The van der Waals surface area contributed by atoms with Gasteiger partial charge >= 0.3 is 0 Å². The predicted molar refractivity (Wildman–Crippen MR) is 168 cm³/mol. The molecule has 7 nitrogen and oxygen atoms in total. The van der Waals surface area contributed by atoms with Crippen LogP contribution in [-0.4, -0.2) is 43.8 Å². The largest absolute Gasteiger partial charge is 0.352 e. The molecule has 0 saturated heterocycles. The Morgan fingerprint density at radius 3 is 2.17 bits per heavy atom. The molecular weight excluding hydrogens is 546 g/mol. The summed E-state index contributed by atoms with van der Waals surface area (Å²) in [5.74, 6) is -0.614. The van der Waals surface area contributed by atoms with Crippen molar-refractivity contribution >= 4 is 27.5 Å². The van der Waals surface area contributed by atoms with E-state index in [0.717, 1.165) is 47.9 Å². The van der Waals surface area contributed by atoms with E-state index < -0.39 is 28.5 Å². The van der Waals surface area contributed by atoms with Crippen LogP contribution in [0.25, 0.3) is 0 Å². The first-order valence-electron chi connectivity index (χ1n) is 14.9. The van der Waals surface area contributed by atoms with Gasteiger partial charge in [-0.2, -0.15) is 0 Å². The Balaban J connectivity index is 1.72. The molecule has 0 spiro atoms. The zero-order chi connectivity index (χ0) is 30.3. The van der Waals surface area contributed by atoms with E-state index in [0.29, 0.717) is 12.1 Å². The number of carbonyl (C=O) groups excluding carboxylic acids is 2. The lowest BCUT2D eigenvalue weighted by Crippen LogP contribution is -2.54. The van der Waals surface area contributed by atoms with Gasteiger partial charge in [0.15, 0.2) is 0 Å². The van der Waals surface area contributed by atoms with E-state index in [1.807, 2.05) is 58.0 Å². The molecule has 0 bridgehead atoms. The molecule has 1 saturated carbocycles. The number of benzene rings is 3. The van der Waals surface area contributed by atoms with Gasteiger partial charge in [0.1, 0.15) is 12.6 Å². The van der Waals surface area contributed by atoms with Crippen LogP contribution in [0.1, 0.15) is 67.7 Å². The molecule has 0 heterocycles. The van der Waals surface area contributed by atoms with Crippen molar-refractivity contribution in [1.82, 2.24) is 10.2 Å². The zero-order valence-corrected chi connectivity index (χ0v) is 26.0. The molecule has 224 valence electrons. The fourth-order valence-electron chi connectivity index (χ4n) is 5.56. The Morgan fingerprint density at radius 2 is 1.52 bits per heavy atom. The number of carbonyl (C=O) groups is 2. The van der Waals surface area contributed by atoms with Crippen molar-refractivity contribution in [3.05, 3.63) is 95.1 Å². The first kappa shape index (κ1) is 31.3. The minimum Gasteiger partial charge on any atom is -0.352 e. The van der Waals surface area contributed by atoms with E-state index in [2.05, 4.69) is 5.32 Å². The summed E-state index contributed by atoms with van der Waals surface area (Å²) in [6.07, 6.45) is 5.61. The van der Waals surface area contributed by atoms with Gasteiger partial charge in [-0.25, -0.2) is 8.42 Å². The fraction of sp³-hybridized carbons (Fsp3) is 0.412. The molecule has 0 aromatic heterocycles. The Morgan fingerprint density at radius 1 is 0.857 bits per heavy atom. The van der Waals surface area contributed by atoms with Crippen LogP contribution in [0.15, 0.2) is 77.7 Å². The monoisotopic (exact) mass is 589 g/mol. The fourth-order valence-corrected chi connectivity index (χ4v) is 6.99. The minimum atomic E-state index is -4.08. The number of hydrogen-bond acceptors (Lipinski definition) is 4. The standard InChI is InChI=1S/C34H43N3O4S/c1-5-32(34(39)35-29-16-8-6-9-17-29)36(23-28-15-13-12-14-26(28)3)33(38)24-37(30-21-20-25(2)27(4)22-30)42(40,41)31-18-10-7-11-19-31/h7,10-15,18-22,29,32H,5-6,8-9,16-17,23-24H2,1-4H3,(H,35,39)/t32-/m0/s1. The first-order chi connectivity index (χ1) is 20.1. The van der Waals surface area contributed by atoms with Crippen molar-refractivity contribution < 1.29 is 18.0 Å². The SMILES string of the molecule is CC[C@@H](C(=O)NC1CCCCC1)N(Cc1ccccc1C)C(=O)CN(c1ccc(C)c(C)c1)S(=O)(=O)c1ccccc1. The van der Waals surface area contributed by atoms with Crippen LogP contribution in [0.3, 0.4) is 0 Å². The number of anilines is 1. The van der Waals surface area contributed by atoms with Crippen molar-refractivity contribution in [2.45, 2.75) is 89.7 Å². The second kappa shape index (κ2) is 14.0. The number of nitrogens with zero attached hydrogens (tertiary/aromatic N) is 2. The van der Waals surface area contributed by atoms with Gasteiger partial charge in [0.05, 0.1) is 10.6 Å². The molecule has 3 aromatic carbocycles. The zero-order valence-electron chi connectivity index (χ0n) is 25.2. The quantitative estimate of drug-likeness (QED) is 0.294. The van der Waals surface area contributed by atoms with Crippen molar-refractivity contribution in [3.63, 3.8) is 0 Å². The lowest BCUT2D eigenvalue weighted by atomic mass is 9.95. The van der Waals surface area contributed by atoms with Gasteiger partial charge in [-0.05, 0) is 86.6 Å². The van der Waals surface area contributed by atoms with Gasteiger partial charge in [-0.3, -0.25) is 13.9 Å². The van der Waals surface area contributed by atoms with E-state index in [1.54, 1.807) is 35.2 Å². The summed E-state index contributed by atoms with van der Waals surface area (Å²) in [4.78, 5) is 29.7. The summed E-state index contributed by atoms with van der Waals surface area (Å²) in [7, 11) is -4.08. The predicted octanol–water partition coefficient (Wildman–Crippen LogP) is 6.06. The molecule has 8 heteroatoms. The highest BCUT2D eigenvalue weighted by Gasteiger charge is 2.34. The summed E-state index contributed by atoms with van der Waals surface area (Å²) in [5, 5.41) is 3.20. The minimum absolute atomic E-state index is 0.0983. The van der Waals surface area contributed by atoms with Gasteiger partial charge in [0.2, 0.25) is 11.8 Å². The van der Waals surface area contributed by atoms with Crippen LogP contribution in [0.2, 0.25) is 0 Å². The molecule has 1 fully saturated rings. The van der Waals surface area contributed by atoms with Crippen LogP contribution in [0, 0.1) is 20.8 Å². The van der Waals surface area contributed by atoms with Crippen LogP contribution < -0.4 is 9.62 Å². The highest BCUT2D eigenvalue weighted by molar-refractivity contribution is 7.92. The number of nitrogens with one attached hydrogen (secondary N) is 1. The molecule has 1 N–H and O–H groups in total. The van der Waals surface area contributed by atoms with Crippen molar-refractivity contribution in [3.8, 4) is 0 Å². The first-order valence-corrected chi connectivity index (χ1v) is 16.3.